The summed E-state index contributed by atoms with van der Waals surface area (Å²) in [5.74, 6) is 0.0259. The first-order valence-corrected chi connectivity index (χ1v) is 3.86. The third-order valence-electron chi connectivity index (χ3n) is 1.77. The van der Waals surface area contributed by atoms with E-state index in [1.807, 2.05) is 0 Å². The fourth-order valence-corrected chi connectivity index (χ4v) is 1.02. The summed E-state index contributed by atoms with van der Waals surface area (Å²) in [6, 6.07) is 0. The maximum absolute atomic E-state index is 10.7. The molecular weight excluding hydrogens is 140 g/mol. The van der Waals surface area contributed by atoms with Crippen molar-refractivity contribution in [3.8, 4) is 0 Å². The van der Waals surface area contributed by atoms with Crippen molar-refractivity contribution in [2.24, 2.45) is 10.5 Å². The van der Waals surface area contributed by atoms with E-state index in [0.717, 1.165) is 12.1 Å². The van der Waals surface area contributed by atoms with Gasteiger partial charge in [0.15, 0.2) is 0 Å². The number of nitrogens with one attached hydrogen (secondary N) is 1. The summed E-state index contributed by atoms with van der Waals surface area (Å²) >= 11 is 0. The van der Waals surface area contributed by atoms with Crippen LogP contribution in [-0.4, -0.2) is 11.6 Å². The van der Waals surface area contributed by atoms with Crippen molar-refractivity contribution in [3.63, 3.8) is 0 Å². The van der Waals surface area contributed by atoms with E-state index >= 15 is 0 Å². The van der Waals surface area contributed by atoms with Crippen LogP contribution in [0.2, 0.25) is 0 Å². The zero-order chi connectivity index (χ0) is 8.48. The van der Waals surface area contributed by atoms with Gasteiger partial charge in [0.2, 0.25) is 5.91 Å². The number of hydrogen-bond donors (Lipinski definition) is 1. The Bertz CT molecular complexity index is 201. The Labute approximate surface area is 66.9 Å². The van der Waals surface area contributed by atoms with Crippen LogP contribution in [0, 0.1) is 5.41 Å². The molecule has 1 amide bonds. The topological polar surface area (TPSA) is 41.5 Å². The maximum atomic E-state index is 10.7. The lowest BCUT2D eigenvalue weighted by molar-refractivity contribution is -0.121. The Morgan fingerprint density at radius 3 is 2.36 bits per heavy atom. The van der Waals surface area contributed by atoms with Crippen molar-refractivity contribution in [1.82, 2.24) is 5.43 Å². The molecule has 0 spiro atoms. The van der Waals surface area contributed by atoms with E-state index in [4.69, 9.17) is 0 Å². The first kappa shape index (κ1) is 8.24. The first-order chi connectivity index (χ1) is 5.00. The molecule has 0 aromatic carbocycles. The van der Waals surface area contributed by atoms with Crippen molar-refractivity contribution in [2.75, 3.05) is 0 Å². The predicted molar refractivity (Wildman–Crippen MR) is 44.3 cm³/mol. The van der Waals surface area contributed by atoms with Gasteiger partial charge in [-0.15, -0.1) is 0 Å². The van der Waals surface area contributed by atoms with Crippen LogP contribution < -0.4 is 5.43 Å². The normalized spacial score (nSPS) is 19.2. The summed E-state index contributed by atoms with van der Waals surface area (Å²) in [6.07, 6.45) is 1.38. The number of amides is 1. The van der Waals surface area contributed by atoms with Crippen LogP contribution in [0.25, 0.3) is 0 Å². The number of hydrogen-bond acceptors (Lipinski definition) is 2. The van der Waals surface area contributed by atoms with Gasteiger partial charge in [-0.25, -0.2) is 5.43 Å². The Morgan fingerprint density at radius 2 is 2.00 bits per heavy atom. The molecule has 0 saturated carbocycles. The zero-order valence-corrected chi connectivity index (χ0v) is 7.27. The Balaban J connectivity index is 2.69. The van der Waals surface area contributed by atoms with E-state index in [1.165, 1.54) is 0 Å². The lowest BCUT2D eigenvalue weighted by Gasteiger charge is -2.23. The van der Waals surface area contributed by atoms with E-state index < -0.39 is 0 Å². The second-order valence-corrected chi connectivity index (χ2v) is 3.84. The highest BCUT2D eigenvalue weighted by atomic mass is 16.2. The van der Waals surface area contributed by atoms with Gasteiger partial charge in [-0.1, -0.05) is 20.8 Å². The van der Waals surface area contributed by atoms with Crippen LogP contribution >= 0.6 is 0 Å². The highest BCUT2D eigenvalue weighted by Crippen LogP contribution is 2.20. The summed E-state index contributed by atoms with van der Waals surface area (Å²) in [5, 5.41) is 4.00. The third-order valence-corrected chi connectivity index (χ3v) is 1.77. The molecule has 1 aliphatic heterocycles. The molecule has 62 valence electrons. The van der Waals surface area contributed by atoms with E-state index in [-0.39, 0.29) is 11.3 Å². The van der Waals surface area contributed by atoms with Gasteiger partial charge in [0.1, 0.15) is 0 Å². The number of carbonyl (C=O) groups is 1. The van der Waals surface area contributed by atoms with Crippen molar-refractivity contribution >= 4 is 11.6 Å². The molecule has 0 fully saturated rings. The fraction of sp³-hybridized carbons (Fsp3) is 0.750. The van der Waals surface area contributed by atoms with Gasteiger partial charge >= 0.3 is 0 Å². The average Bonchev–Trinajstić information content (AvgIpc) is 1.86. The molecule has 1 N–H and O–H groups in total. The van der Waals surface area contributed by atoms with Crippen molar-refractivity contribution in [2.45, 2.75) is 33.6 Å². The van der Waals surface area contributed by atoms with Gasteiger partial charge in [-0.05, 0) is 6.42 Å². The Hall–Kier alpha value is -0.860. The fourth-order valence-electron chi connectivity index (χ4n) is 1.02. The van der Waals surface area contributed by atoms with Gasteiger partial charge < -0.3 is 0 Å². The predicted octanol–water partition coefficient (Wildman–Crippen LogP) is 1.30. The van der Waals surface area contributed by atoms with Crippen LogP contribution in [0.4, 0.5) is 0 Å². The highest BCUT2D eigenvalue weighted by molar-refractivity contribution is 5.95. The number of nitrogens with zero attached hydrogens (tertiary/aromatic N) is 1. The molecule has 1 rings (SSSR count). The van der Waals surface area contributed by atoms with Crippen molar-refractivity contribution in [3.05, 3.63) is 0 Å². The van der Waals surface area contributed by atoms with Gasteiger partial charge in [-0.3, -0.25) is 4.79 Å². The number of hydrazone groups is 1. The number of rotatable bonds is 0. The van der Waals surface area contributed by atoms with Crippen LogP contribution in [0.3, 0.4) is 0 Å². The molecule has 3 nitrogen and oxygen atoms in total. The molecular formula is C8H14N2O. The minimum absolute atomic E-state index is 0.0259. The van der Waals surface area contributed by atoms with Crippen LogP contribution in [0.5, 0.6) is 0 Å². The summed E-state index contributed by atoms with van der Waals surface area (Å²) in [4.78, 5) is 10.7. The quantitative estimate of drug-likeness (QED) is 0.561. The molecule has 0 saturated heterocycles. The van der Waals surface area contributed by atoms with E-state index in [2.05, 4.69) is 31.3 Å². The molecule has 1 aliphatic rings. The molecule has 0 bridgehead atoms. The molecule has 0 aliphatic carbocycles. The minimum Gasteiger partial charge on any atom is -0.273 e. The van der Waals surface area contributed by atoms with Gasteiger partial charge in [0, 0.05) is 17.5 Å². The smallest absolute Gasteiger partial charge is 0.240 e. The Morgan fingerprint density at radius 1 is 1.36 bits per heavy atom. The highest BCUT2D eigenvalue weighted by Gasteiger charge is 2.22. The summed E-state index contributed by atoms with van der Waals surface area (Å²) in [7, 11) is 0. The van der Waals surface area contributed by atoms with Crippen LogP contribution in [0.1, 0.15) is 33.6 Å². The third kappa shape index (κ3) is 2.03. The minimum atomic E-state index is 0.0259. The van der Waals surface area contributed by atoms with Crippen LogP contribution in [-0.2, 0) is 4.79 Å². The Kier molecular flexibility index (Phi) is 1.98. The zero-order valence-electron chi connectivity index (χ0n) is 7.27. The monoisotopic (exact) mass is 154 g/mol. The summed E-state index contributed by atoms with van der Waals surface area (Å²) in [5.41, 5.74) is 3.66. The SMILES string of the molecule is CC(C)(C)C1=NNC(=O)CC1. The summed E-state index contributed by atoms with van der Waals surface area (Å²) < 4.78 is 0. The molecule has 0 aromatic rings. The lowest BCUT2D eigenvalue weighted by Crippen LogP contribution is -2.32. The molecule has 1 heterocycles. The molecule has 0 unspecified atom stereocenters. The maximum Gasteiger partial charge on any atom is 0.240 e. The van der Waals surface area contributed by atoms with Gasteiger partial charge in [0.25, 0.3) is 0 Å². The molecule has 0 aromatic heterocycles. The second-order valence-electron chi connectivity index (χ2n) is 3.84. The molecule has 0 atom stereocenters. The number of carbonyl (C=O) groups excluding carboxylic acids is 1. The van der Waals surface area contributed by atoms with Crippen LogP contribution in [0.15, 0.2) is 5.10 Å². The second kappa shape index (κ2) is 2.64. The molecule has 0 radical (unpaired) electrons. The lowest BCUT2D eigenvalue weighted by atomic mass is 9.87. The van der Waals surface area contributed by atoms with E-state index in [1.54, 1.807) is 0 Å². The molecule has 3 heteroatoms. The molecule has 11 heavy (non-hydrogen) atoms. The largest absolute Gasteiger partial charge is 0.273 e. The first-order valence-electron chi connectivity index (χ1n) is 3.86. The van der Waals surface area contributed by atoms with E-state index in [0.29, 0.717) is 6.42 Å². The van der Waals surface area contributed by atoms with Crippen molar-refractivity contribution in [1.29, 1.82) is 0 Å². The standard InChI is InChI=1S/C8H14N2O/c1-8(2,3)6-4-5-7(11)10-9-6/h4-5H2,1-3H3,(H,10,11). The van der Waals surface area contributed by atoms with Gasteiger partial charge in [-0.2, -0.15) is 5.10 Å². The van der Waals surface area contributed by atoms with E-state index in [9.17, 15) is 4.79 Å². The van der Waals surface area contributed by atoms with Crippen molar-refractivity contribution < 1.29 is 4.79 Å². The average molecular weight is 154 g/mol. The summed E-state index contributed by atoms with van der Waals surface area (Å²) in [6.45, 7) is 6.30. The van der Waals surface area contributed by atoms with Gasteiger partial charge in [0.05, 0.1) is 0 Å².